The number of halogens is 9. The summed E-state index contributed by atoms with van der Waals surface area (Å²) in [4.78, 5) is 82.7. The number of phenolic OH excluding ortho intramolecular Hbond substituents is 1. The summed E-state index contributed by atoms with van der Waals surface area (Å²) in [5.74, 6) is -10.8. The summed E-state index contributed by atoms with van der Waals surface area (Å²) in [6, 6.07) is 11.2. The number of phenols is 1. The monoisotopic (exact) mass is 953 g/mol. The Morgan fingerprint density at radius 3 is 1.38 bits per heavy atom. The molecular weight excluding hydrogens is 905 g/mol. The van der Waals surface area contributed by atoms with E-state index in [1.54, 1.807) is 36.4 Å². The lowest BCUT2D eigenvalue weighted by Gasteiger charge is -2.25. The number of alkyl halides is 9. The topological polar surface area (TPSA) is 379 Å². The second kappa shape index (κ2) is 29.5. The van der Waals surface area contributed by atoms with Gasteiger partial charge in [0.05, 0.1) is 6.04 Å². The number of nitrogens with one attached hydrogen (secondary N) is 3. The molecule has 17 N–H and O–H groups in total. The second-order valence-electron chi connectivity index (χ2n) is 12.9. The van der Waals surface area contributed by atoms with E-state index in [9.17, 15) is 63.8 Å². The Labute approximate surface area is 362 Å². The first kappa shape index (κ1) is 60.2. The first-order chi connectivity index (χ1) is 29.8. The fourth-order valence-corrected chi connectivity index (χ4v) is 4.41. The van der Waals surface area contributed by atoms with Gasteiger partial charge in [0, 0.05) is 13.0 Å². The molecule has 4 atom stereocenters. The highest BCUT2D eigenvalue weighted by atomic mass is 19.4. The maximum absolute atomic E-state index is 13.6. The van der Waals surface area contributed by atoms with Crippen LogP contribution in [0.4, 0.5) is 39.5 Å². The van der Waals surface area contributed by atoms with Crippen LogP contribution in [-0.2, 0) is 46.4 Å². The zero-order valence-corrected chi connectivity index (χ0v) is 33.8. The van der Waals surface area contributed by atoms with E-state index < -0.39 is 84.2 Å². The molecule has 0 aliphatic rings. The summed E-state index contributed by atoms with van der Waals surface area (Å²) < 4.78 is 95.2. The first-order valence-corrected chi connectivity index (χ1v) is 18.3. The van der Waals surface area contributed by atoms with Crippen LogP contribution in [0.25, 0.3) is 0 Å². The number of nitrogens with two attached hydrogens (primary N) is 5. The lowest BCUT2D eigenvalue weighted by atomic mass is 10.0. The van der Waals surface area contributed by atoms with Gasteiger partial charge in [0.2, 0.25) is 23.6 Å². The highest BCUT2D eigenvalue weighted by molar-refractivity contribution is 5.94. The lowest BCUT2D eigenvalue weighted by Crippen LogP contribution is -2.58. The molecule has 4 amide bonds. The molecule has 0 aliphatic carbocycles. The van der Waals surface area contributed by atoms with Crippen LogP contribution in [0.2, 0.25) is 0 Å². The normalized spacial score (nSPS) is 12.8. The highest BCUT2D eigenvalue weighted by Gasteiger charge is 2.39. The molecular formula is C36H48F9N9O11. The van der Waals surface area contributed by atoms with Crippen LogP contribution < -0.4 is 44.6 Å². The molecule has 0 spiro atoms. The number of aromatic hydroxyl groups is 1. The number of benzene rings is 2. The van der Waals surface area contributed by atoms with Gasteiger partial charge in [-0.15, -0.1) is 0 Å². The average molecular weight is 954 g/mol. The molecule has 366 valence electrons. The Morgan fingerprint density at radius 2 is 0.969 bits per heavy atom. The van der Waals surface area contributed by atoms with Crippen LogP contribution in [0.15, 0.2) is 59.6 Å². The first-order valence-electron chi connectivity index (χ1n) is 18.3. The fourth-order valence-electron chi connectivity index (χ4n) is 4.41. The highest BCUT2D eigenvalue weighted by Crippen LogP contribution is 2.15. The van der Waals surface area contributed by atoms with Crippen LogP contribution in [0.1, 0.15) is 43.2 Å². The van der Waals surface area contributed by atoms with Gasteiger partial charge in [-0.2, -0.15) is 39.5 Å². The molecule has 0 fully saturated rings. The summed E-state index contributed by atoms with van der Waals surface area (Å²) in [7, 11) is 0. The maximum Gasteiger partial charge on any atom is 0.490 e. The van der Waals surface area contributed by atoms with Crippen molar-refractivity contribution in [2.75, 3.05) is 13.1 Å². The standard InChI is InChI=1S/C30H45N9O5.3C2HF3O2/c31-15-5-4-9-23(26(33)41)37-29(44)25(18-19-7-2-1-3-8-19)39-28(43)24(10-6-16-36-30(34)35)38-27(42)22(32)17-20-11-13-21(40)14-12-20;3*3-2(4,5)1(6)7/h1-3,7-8,11-14,22-25,40H,4-6,9-10,15-18,31-32H2,(H2,33,41)(H,37,44)(H,38,42)(H,39,43)(H4,34,35,36);3*(H,6,7)/t22-,23-,24+,25-;;;/m0.../s1. The van der Waals surface area contributed by atoms with Gasteiger partial charge in [0.1, 0.15) is 23.9 Å². The molecule has 0 aliphatic heterocycles. The second-order valence-corrected chi connectivity index (χ2v) is 12.9. The molecule has 2 aromatic carbocycles. The molecule has 2 rings (SSSR count). The molecule has 65 heavy (non-hydrogen) atoms. The number of nitrogens with zero attached hydrogens (tertiary/aromatic N) is 1. The number of rotatable bonds is 19. The van der Waals surface area contributed by atoms with Crippen molar-refractivity contribution in [2.24, 2.45) is 33.7 Å². The Balaban J connectivity index is 0. The van der Waals surface area contributed by atoms with Gasteiger partial charge in [-0.3, -0.25) is 24.2 Å². The maximum atomic E-state index is 13.6. The van der Waals surface area contributed by atoms with Crippen LogP contribution in [-0.4, -0.2) is 124 Å². The zero-order chi connectivity index (χ0) is 50.7. The minimum absolute atomic E-state index is 0.0797. The Bertz CT molecular complexity index is 1790. The smallest absolute Gasteiger partial charge is 0.490 e. The lowest BCUT2D eigenvalue weighted by molar-refractivity contribution is -0.193. The Hall–Kier alpha value is -6.91. The SMILES string of the molecule is NCCCC[C@H](NC(=O)[C@H](Cc1ccccc1)NC(=O)[C@@H](CCCN=C(N)N)NC(=O)[C@@H](N)Cc1ccc(O)cc1)C(N)=O.O=C(O)C(F)(F)F.O=C(O)C(F)(F)F.O=C(O)C(F)(F)F. The molecule has 0 saturated carbocycles. The number of carbonyl (C=O) groups excluding carboxylic acids is 4. The van der Waals surface area contributed by atoms with E-state index in [1.807, 2.05) is 6.07 Å². The molecule has 0 aromatic heterocycles. The molecule has 0 bridgehead atoms. The predicted octanol–water partition coefficient (Wildman–Crippen LogP) is 0.527. The molecule has 0 radical (unpaired) electrons. The molecule has 0 unspecified atom stereocenters. The summed E-state index contributed by atoms with van der Waals surface area (Å²) in [6.07, 6.45) is -13.0. The summed E-state index contributed by atoms with van der Waals surface area (Å²) in [5, 5.41) is 39.0. The Kier molecular flexibility index (Phi) is 27.3. The number of hydrogen-bond acceptors (Lipinski definition) is 11. The van der Waals surface area contributed by atoms with Crippen molar-refractivity contribution in [1.29, 1.82) is 0 Å². The van der Waals surface area contributed by atoms with Gasteiger partial charge >= 0.3 is 36.4 Å². The van der Waals surface area contributed by atoms with Crippen molar-refractivity contribution >= 4 is 47.5 Å². The van der Waals surface area contributed by atoms with Crippen LogP contribution in [0, 0.1) is 0 Å². The predicted molar refractivity (Wildman–Crippen MR) is 209 cm³/mol. The van der Waals surface area contributed by atoms with Gasteiger partial charge in [-0.05, 0) is 68.3 Å². The minimum Gasteiger partial charge on any atom is -0.508 e. The van der Waals surface area contributed by atoms with E-state index in [2.05, 4.69) is 20.9 Å². The number of primary amides is 1. The number of aliphatic carboxylic acids is 3. The molecule has 29 heteroatoms. The van der Waals surface area contributed by atoms with E-state index in [0.29, 0.717) is 37.8 Å². The van der Waals surface area contributed by atoms with Gasteiger partial charge in [-0.1, -0.05) is 42.5 Å². The number of aliphatic imine (C=N–C) groups is 1. The molecule has 2 aromatic rings. The van der Waals surface area contributed by atoms with E-state index in [4.69, 9.17) is 58.4 Å². The number of carboxylic acids is 3. The molecule has 0 heterocycles. The Morgan fingerprint density at radius 1 is 0.569 bits per heavy atom. The van der Waals surface area contributed by atoms with Crippen molar-refractivity contribution in [3.05, 3.63) is 65.7 Å². The summed E-state index contributed by atoms with van der Waals surface area (Å²) >= 11 is 0. The molecule has 0 saturated heterocycles. The van der Waals surface area contributed by atoms with Crippen LogP contribution >= 0.6 is 0 Å². The van der Waals surface area contributed by atoms with Gasteiger partial charge < -0.3 is 65.0 Å². The third-order valence-corrected chi connectivity index (χ3v) is 7.56. The number of unbranched alkanes of at least 4 members (excludes halogenated alkanes) is 1. The third-order valence-electron chi connectivity index (χ3n) is 7.56. The summed E-state index contributed by atoms with van der Waals surface area (Å²) in [5.41, 5.74) is 29.5. The van der Waals surface area contributed by atoms with Gasteiger partial charge in [-0.25, -0.2) is 14.4 Å². The number of hydrogen-bond donors (Lipinski definition) is 12. The van der Waals surface area contributed by atoms with E-state index in [1.165, 1.54) is 12.1 Å². The van der Waals surface area contributed by atoms with Crippen molar-refractivity contribution in [3.8, 4) is 5.75 Å². The van der Waals surface area contributed by atoms with Crippen LogP contribution in [0.5, 0.6) is 5.75 Å². The average Bonchev–Trinajstić information content (AvgIpc) is 3.19. The molecule has 20 nitrogen and oxygen atoms in total. The third kappa shape index (κ3) is 29.2. The fraction of sp³-hybridized carbons (Fsp3) is 0.444. The van der Waals surface area contributed by atoms with E-state index in [0.717, 1.165) is 5.56 Å². The number of carboxylic acid groups (broad SMARTS) is 3. The van der Waals surface area contributed by atoms with Crippen molar-refractivity contribution in [2.45, 2.75) is 87.6 Å². The van der Waals surface area contributed by atoms with Crippen molar-refractivity contribution in [1.82, 2.24) is 16.0 Å². The number of guanidine groups is 1. The minimum atomic E-state index is -5.08. The van der Waals surface area contributed by atoms with Crippen LogP contribution in [0.3, 0.4) is 0 Å². The number of carbonyl (C=O) groups is 7. The quantitative estimate of drug-likeness (QED) is 0.0395. The van der Waals surface area contributed by atoms with Crippen molar-refractivity contribution < 1.29 is 93.5 Å². The van der Waals surface area contributed by atoms with E-state index >= 15 is 0 Å². The van der Waals surface area contributed by atoms with Gasteiger partial charge in [0.25, 0.3) is 0 Å². The van der Waals surface area contributed by atoms with Gasteiger partial charge in [0.15, 0.2) is 5.96 Å². The summed E-state index contributed by atoms with van der Waals surface area (Å²) in [6.45, 7) is 0.638. The van der Waals surface area contributed by atoms with Crippen molar-refractivity contribution in [3.63, 3.8) is 0 Å². The number of amides is 4. The van der Waals surface area contributed by atoms with E-state index in [-0.39, 0.29) is 37.5 Å². The largest absolute Gasteiger partial charge is 0.508 e. The zero-order valence-electron chi connectivity index (χ0n) is 33.8.